The van der Waals surface area contributed by atoms with E-state index in [1.807, 2.05) is 12.2 Å². The number of alkyl halides is 3. The molecule has 2 unspecified atom stereocenters. The average Bonchev–Trinajstić information content (AvgIpc) is 2.14. The third kappa shape index (κ3) is 3.70. The van der Waals surface area contributed by atoms with E-state index in [1.54, 1.807) is 0 Å². The third-order valence-electron chi connectivity index (χ3n) is 2.77. The zero-order valence-electron chi connectivity index (χ0n) is 8.53. The Hall–Kier alpha value is -0.780. The van der Waals surface area contributed by atoms with Crippen LogP contribution in [0.1, 0.15) is 13.3 Å². The molecule has 15 heavy (non-hydrogen) atoms. The summed E-state index contributed by atoms with van der Waals surface area (Å²) in [4.78, 5) is 10.6. The van der Waals surface area contributed by atoms with Crippen LogP contribution in [0.25, 0.3) is 0 Å². The third-order valence-corrected chi connectivity index (χ3v) is 2.77. The largest absolute Gasteiger partial charge is 0.471 e. The van der Waals surface area contributed by atoms with Gasteiger partial charge in [-0.3, -0.25) is 4.79 Å². The normalized spacial score (nSPS) is 27.5. The van der Waals surface area contributed by atoms with Crippen LogP contribution in [-0.4, -0.2) is 31.7 Å². The van der Waals surface area contributed by atoms with Gasteiger partial charge in [0.05, 0.1) is 0 Å². The molecule has 0 spiro atoms. The molecule has 0 bridgehead atoms. The van der Waals surface area contributed by atoms with E-state index >= 15 is 0 Å². The van der Waals surface area contributed by atoms with Gasteiger partial charge in [-0.05, 0) is 31.3 Å². The molecule has 2 N–H and O–H groups in total. The Morgan fingerprint density at radius 2 is 2.20 bits per heavy atom. The lowest BCUT2D eigenvalue weighted by atomic mass is 9.88. The summed E-state index contributed by atoms with van der Waals surface area (Å²) >= 11 is 0. The molecule has 1 saturated heterocycles. The second-order valence-electron chi connectivity index (χ2n) is 3.94. The van der Waals surface area contributed by atoms with Crippen molar-refractivity contribution in [2.45, 2.75) is 19.5 Å². The van der Waals surface area contributed by atoms with E-state index in [0.29, 0.717) is 12.5 Å². The van der Waals surface area contributed by atoms with Gasteiger partial charge in [-0.1, -0.05) is 6.92 Å². The number of carbonyl (C=O) groups is 1. The molecule has 2 atom stereocenters. The number of carbonyl (C=O) groups excluding carboxylic acids is 1. The van der Waals surface area contributed by atoms with Crippen molar-refractivity contribution >= 4 is 5.91 Å². The molecular formula is C9H15F3N2O. The fourth-order valence-electron chi connectivity index (χ4n) is 1.65. The molecule has 1 heterocycles. The number of nitrogens with one attached hydrogen (secondary N) is 2. The van der Waals surface area contributed by atoms with Crippen molar-refractivity contribution in [3.8, 4) is 0 Å². The number of hydrogen-bond donors (Lipinski definition) is 2. The van der Waals surface area contributed by atoms with Gasteiger partial charge in [0.2, 0.25) is 0 Å². The number of amides is 1. The van der Waals surface area contributed by atoms with E-state index in [0.717, 1.165) is 13.0 Å². The van der Waals surface area contributed by atoms with Gasteiger partial charge in [-0.15, -0.1) is 0 Å². The summed E-state index contributed by atoms with van der Waals surface area (Å²) in [7, 11) is 0. The Balaban J connectivity index is 2.33. The lowest BCUT2D eigenvalue weighted by molar-refractivity contribution is -0.173. The first kappa shape index (κ1) is 12.3. The highest BCUT2D eigenvalue weighted by molar-refractivity contribution is 5.81. The van der Waals surface area contributed by atoms with E-state index in [2.05, 4.69) is 5.32 Å². The fraction of sp³-hybridized carbons (Fsp3) is 0.889. The topological polar surface area (TPSA) is 41.1 Å². The van der Waals surface area contributed by atoms with Crippen LogP contribution < -0.4 is 10.6 Å². The molecule has 1 fully saturated rings. The summed E-state index contributed by atoms with van der Waals surface area (Å²) in [6, 6.07) is 0. The van der Waals surface area contributed by atoms with Gasteiger partial charge in [0.25, 0.3) is 0 Å². The lowest BCUT2D eigenvalue weighted by Crippen LogP contribution is -2.45. The van der Waals surface area contributed by atoms with Gasteiger partial charge in [-0.25, -0.2) is 0 Å². The highest BCUT2D eigenvalue weighted by atomic mass is 19.4. The number of hydrogen-bond acceptors (Lipinski definition) is 2. The van der Waals surface area contributed by atoms with Crippen molar-refractivity contribution < 1.29 is 18.0 Å². The highest BCUT2D eigenvalue weighted by Crippen LogP contribution is 2.19. The summed E-state index contributed by atoms with van der Waals surface area (Å²) in [5.74, 6) is -1.41. The molecule has 1 amide bonds. The number of halogens is 3. The predicted octanol–water partition coefficient (Wildman–Crippen LogP) is 0.910. The standard InChI is InChI=1S/C9H15F3N2O/c1-6-2-3-13-4-7(6)5-14-8(15)9(10,11)12/h6-7,13H,2-5H2,1H3,(H,14,15). The first-order valence-corrected chi connectivity index (χ1v) is 4.97. The van der Waals surface area contributed by atoms with Crippen molar-refractivity contribution in [3.05, 3.63) is 0 Å². The van der Waals surface area contributed by atoms with Gasteiger partial charge in [0, 0.05) is 6.54 Å². The quantitative estimate of drug-likeness (QED) is 0.732. The molecule has 0 aromatic carbocycles. The highest BCUT2D eigenvalue weighted by Gasteiger charge is 2.38. The molecule has 3 nitrogen and oxygen atoms in total. The first-order chi connectivity index (χ1) is 6.91. The van der Waals surface area contributed by atoms with Gasteiger partial charge in [-0.2, -0.15) is 13.2 Å². The van der Waals surface area contributed by atoms with E-state index in [1.165, 1.54) is 0 Å². The Kier molecular flexibility index (Phi) is 3.96. The van der Waals surface area contributed by atoms with Crippen molar-refractivity contribution in [3.63, 3.8) is 0 Å². The maximum atomic E-state index is 11.9. The van der Waals surface area contributed by atoms with E-state index in [9.17, 15) is 18.0 Å². The second kappa shape index (κ2) is 4.83. The molecule has 0 aromatic heterocycles. The van der Waals surface area contributed by atoms with E-state index in [-0.39, 0.29) is 12.5 Å². The van der Waals surface area contributed by atoms with Gasteiger partial charge >= 0.3 is 12.1 Å². The Morgan fingerprint density at radius 3 is 2.73 bits per heavy atom. The van der Waals surface area contributed by atoms with Gasteiger partial charge in [0.1, 0.15) is 0 Å². The Labute approximate surface area is 86.4 Å². The summed E-state index contributed by atoms with van der Waals surface area (Å²) in [6.45, 7) is 3.64. The molecule has 0 saturated carbocycles. The van der Waals surface area contributed by atoms with Crippen LogP contribution in [0.3, 0.4) is 0 Å². The second-order valence-corrected chi connectivity index (χ2v) is 3.94. The smallest absolute Gasteiger partial charge is 0.348 e. The summed E-state index contributed by atoms with van der Waals surface area (Å²) < 4.78 is 35.6. The van der Waals surface area contributed by atoms with Crippen LogP contribution in [0, 0.1) is 11.8 Å². The average molecular weight is 224 g/mol. The van der Waals surface area contributed by atoms with Crippen LogP contribution in [0.2, 0.25) is 0 Å². The van der Waals surface area contributed by atoms with Crippen LogP contribution in [0.5, 0.6) is 0 Å². The van der Waals surface area contributed by atoms with Crippen molar-refractivity contribution in [1.82, 2.24) is 10.6 Å². The molecule has 1 aliphatic heterocycles. The molecule has 88 valence electrons. The molecule has 0 aromatic rings. The van der Waals surface area contributed by atoms with Crippen LogP contribution in [0.4, 0.5) is 13.2 Å². The molecular weight excluding hydrogens is 209 g/mol. The molecule has 6 heteroatoms. The van der Waals surface area contributed by atoms with Crippen molar-refractivity contribution in [2.24, 2.45) is 11.8 Å². The zero-order chi connectivity index (χ0) is 11.5. The minimum atomic E-state index is -4.77. The van der Waals surface area contributed by atoms with Crippen molar-refractivity contribution in [2.75, 3.05) is 19.6 Å². The fourth-order valence-corrected chi connectivity index (χ4v) is 1.65. The van der Waals surface area contributed by atoms with Crippen LogP contribution in [0.15, 0.2) is 0 Å². The monoisotopic (exact) mass is 224 g/mol. The van der Waals surface area contributed by atoms with Gasteiger partial charge in [0.15, 0.2) is 0 Å². The van der Waals surface area contributed by atoms with E-state index < -0.39 is 12.1 Å². The van der Waals surface area contributed by atoms with Crippen molar-refractivity contribution in [1.29, 1.82) is 0 Å². The molecule has 1 aliphatic rings. The summed E-state index contributed by atoms with van der Waals surface area (Å²) in [6.07, 6.45) is -3.84. The first-order valence-electron chi connectivity index (χ1n) is 4.97. The zero-order valence-corrected chi connectivity index (χ0v) is 8.53. The molecule has 0 aliphatic carbocycles. The maximum Gasteiger partial charge on any atom is 0.471 e. The maximum absolute atomic E-state index is 11.9. The minimum Gasteiger partial charge on any atom is -0.348 e. The van der Waals surface area contributed by atoms with Crippen LogP contribution >= 0.6 is 0 Å². The van der Waals surface area contributed by atoms with Gasteiger partial charge < -0.3 is 10.6 Å². The van der Waals surface area contributed by atoms with E-state index in [4.69, 9.17) is 0 Å². The number of rotatable bonds is 2. The van der Waals surface area contributed by atoms with Crippen LogP contribution in [-0.2, 0) is 4.79 Å². The SMILES string of the molecule is CC1CCNCC1CNC(=O)C(F)(F)F. The molecule has 1 rings (SSSR count). The Bertz CT molecular complexity index is 230. The lowest BCUT2D eigenvalue weighted by Gasteiger charge is -2.29. The molecule has 0 radical (unpaired) electrons. The Morgan fingerprint density at radius 1 is 1.53 bits per heavy atom. The summed E-state index contributed by atoms with van der Waals surface area (Å²) in [5, 5.41) is 5.01. The summed E-state index contributed by atoms with van der Waals surface area (Å²) in [5.41, 5.74) is 0. The minimum absolute atomic E-state index is 0.0880. The predicted molar refractivity (Wildman–Crippen MR) is 49.2 cm³/mol. The number of piperidine rings is 1.